The van der Waals surface area contributed by atoms with Gasteiger partial charge in [-0.05, 0) is 38.5 Å². The van der Waals surface area contributed by atoms with Crippen LogP contribution in [-0.4, -0.2) is 70.7 Å². The fraction of sp³-hybridized carbons (Fsp3) is 0.895. The SMILES string of the molecule is O=C(C1CCOCC1)N1CCC(N2C(=O)C(O)C23CCCCC3)CC1. The molecule has 0 radical (unpaired) electrons. The topological polar surface area (TPSA) is 70.1 Å². The molecule has 1 aliphatic carbocycles. The molecule has 1 unspecified atom stereocenters. The molecule has 4 aliphatic rings. The summed E-state index contributed by atoms with van der Waals surface area (Å²) in [6.45, 7) is 2.85. The van der Waals surface area contributed by atoms with E-state index in [4.69, 9.17) is 4.74 Å². The van der Waals surface area contributed by atoms with Crippen molar-refractivity contribution in [2.24, 2.45) is 5.92 Å². The molecular weight excluding hydrogens is 320 g/mol. The summed E-state index contributed by atoms with van der Waals surface area (Å²) in [6, 6.07) is 0.188. The largest absolute Gasteiger partial charge is 0.381 e. The van der Waals surface area contributed by atoms with Gasteiger partial charge in [-0.15, -0.1) is 0 Å². The molecule has 1 saturated carbocycles. The molecule has 1 atom stereocenters. The van der Waals surface area contributed by atoms with Gasteiger partial charge in [-0.1, -0.05) is 19.3 Å². The van der Waals surface area contributed by atoms with Crippen molar-refractivity contribution in [3.63, 3.8) is 0 Å². The molecule has 4 fully saturated rings. The van der Waals surface area contributed by atoms with Gasteiger partial charge in [-0.3, -0.25) is 9.59 Å². The van der Waals surface area contributed by atoms with Crippen molar-refractivity contribution < 1.29 is 19.4 Å². The maximum absolute atomic E-state index is 12.7. The Labute approximate surface area is 149 Å². The van der Waals surface area contributed by atoms with Gasteiger partial charge in [0, 0.05) is 38.3 Å². The lowest BCUT2D eigenvalue weighted by molar-refractivity contribution is -0.201. The highest BCUT2D eigenvalue weighted by molar-refractivity contribution is 5.90. The quantitative estimate of drug-likeness (QED) is 0.763. The summed E-state index contributed by atoms with van der Waals surface area (Å²) in [4.78, 5) is 29.0. The van der Waals surface area contributed by atoms with Crippen molar-refractivity contribution >= 4 is 11.8 Å². The first-order chi connectivity index (χ1) is 12.1. The molecular formula is C19H30N2O4. The molecule has 0 aromatic heterocycles. The van der Waals surface area contributed by atoms with Crippen molar-refractivity contribution in [1.82, 2.24) is 9.80 Å². The number of carbonyl (C=O) groups excluding carboxylic acids is 2. The molecule has 3 heterocycles. The number of β-lactam (4-membered cyclic amide) rings is 1. The van der Waals surface area contributed by atoms with Crippen LogP contribution in [0.2, 0.25) is 0 Å². The van der Waals surface area contributed by atoms with E-state index in [1.807, 2.05) is 9.80 Å². The summed E-state index contributed by atoms with van der Waals surface area (Å²) in [5, 5.41) is 10.3. The molecule has 3 aliphatic heterocycles. The van der Waals surface area contributed by atoms with Crippen molar-refractivity contribution in [2.45, 2.75) is 75.5 Å². The minimum Gasteiger partial charge on any atom is -0.381 e. The van der Waals surface area contributed by atoms with Gasteiger partial charge < -0.3 is 19.6 Å². The Kier molecular flexibility index (Phi) is 4.75. The third kappa shape index (κ3) is 2.87. The van der Waals surface area contributed by atoms with Gasteiger partial charge in [0.05, 0.1) is 5.54 Å². The van der Waals surface area contributed by atoms with Gasteiger partial charge in [-0.25, -0.2) is 0 Å². The van der Waals surface area contributed by atoms with Crippen LogP contribution < -0.4 is 0 Å². The van der Waals surface area contributed by atoms with Crippen LogP contribution in [0.4, 0.5) is 0 Å². The number of amides is 2. The van der Waals surface area contributed by atoms with Crippen molar-refractivity contribution in [2.75, 3.05) is 26.3 Å². The van der Waals surface area contributed by atoms with Gasteiger partial charge in [0.2, 0.25) is 5.91 Å². The highest BCUT2D eigenvalue weighted by atomic mass is 16.5. The van der Waals surface area contributed by atoms with E-state index < -0.39 is 6.10 Å². The zero-order valence-corrected chi connectivity index (χ0v) is 15.0. The minimum absolute atomic E-state index is 0.0869. The van der Waals surface area contributed by atoms with Gasteiger partial charge in [-0.2, -0.15) is 0 Å². The first-order valence-electron chi connectivity index (χ1n) is 10.0. The van der Waals surface area contributed by atoms with Crippen LogP contribution in [0.25, 0.3) is 0 Å². The second kappa shape index (κ2) is 6.88. The van der Waals surface area contributed by atoms with Crippen molar-refractivity contribution in [3.05, 3.63) is 0 Å². The Bertz CT molecular complexity index is 518. The molecule has 25 heavy (non-hydrogen) atoms. The van der Waals surface area contributed by atoms with E-state index in [2.05, 4.69) is 0 Å². The van der Waals surface area contributed by atoms with E-state index in [1.54, 1.807) is 0 Å². The number of aliphatic hydroxyl groups is 1. The Balaban J connectivity index is 1.36. The lowest BCUT2D eigenvalue weighted by Crippen LogP contribution is -2.77. The highest BCUT2D eigenvalue weighted by Crippen LogP contribution is 2.46. The normalized spacial score (nSPS) is 31.2. The van der Waals surface area contributed by atoms with Gasteiger partial charge in [0.25, 0.3) is 5.91 Å². The summed E-state index contributed by atoms with van der Waals surface area (Å²) >= 11 is 0. The number of hydrogen-bond acceptors (Lipinski definition) is 4. The summed E-state index contributed by atoms with van der Waals surface area (Å²) in [6.07, 6.45) is 7.82. The van der Waals surface area contributed by atoms with Crippen LogP contribution >= 0.6 is 0 Å². The smallest absolute Gasteiger partial charge is 0.254 e. The maximum atomic E-state index is 12.7. The average molecular weight is 350 g/mol. The first-order valence-corrected chi connectivity index (χ1v) is 10.0. The summed E-state index contributed by atoms with van der Waals surface area (Å²) < 4.78 is 5.35. The molecule has 2 amide bonds. The number of piperidine rings is 1. The van der Waals surface area contributed by atoms with E-state index in [-0.39, 0.29) is 29.3 Å². The summed E-state index contributed by atoms with van der Waals surface area (Å²) in [5.74, 6) is 0.294. The number of hydrogen-bond donors (Lipinski definition) is 1. The van der Waals surface area contributed by atoms with Gasteiger partial charge in [0.1, 0.15) is 0 Å². The number of aliphatic hydroxyl groups excluding tert-OH is 1. The van der Waals surface area contributed by atoms with Crippen LogP contribution in [0.5, 0.6) is 0 Å². The second-order valence-corrected chi connectivity index (χ2v) is 8.22. The lowest BCUT2D eigenvalue weighted by atomic mass is 9.68. The predicted octanol–water partition coefficient (Wildman–Crippen LogP) is 1.31. The van der Waals surface area contributed by atoms with Gasteiger partial charge in [0.15, 0.2) is 6.10 Å². The molecule has 1 N–H and O–H groups in total. The van der Waals surface area contributed by atoms with Crippen LogP contribution in [0.1, 0.15) is 57.8 Å². The van der Waals surface area contributed by atoms with Crippen LogP contribution in [0.3, 0.4) is 0 Å². The van der Waals surface area contributed by atoms with Gasteiger partial charge >= 0.3 is 0 Å². The second-order valence-electron chi connectivity index (χ2n) is 8.22. The Morgan fingerprint density at radius 3 is 2.32 bits per heavy atom. The molecule has 3 saturated heterocycles. The molecule has 4 rings (SSSR count). The van der Waals surface area contributed by atoms with E-state index in [0.29, 0.717) is 13.2 Å². The minimum atomic E-state index is -0.797. The zero-order valence-electron chi connectivity index (χ0n) is 15.0. The summed E-state index contributed by atoms with van der Waals surface area (Å²) in [7, 11) is 0. The zero-order chi connectivity index (χ0) is 17.4. The standard InChI is InChI=1S/C19H30N2O4/c22-16-18(24)21(19(16)8-2-1-3-9-19)15-4-10-20(11-5-15)17(23)14-6-12-25-13-7-14/h14-16,22H,1-13H2. The Morgan fingerprint density at radius 2 is 1.68 bits per heavy atom. The molecule has 0 aromatic carbocycles. The van der Waals surface area contributed by atoms with E-state index in [1.165, 1.54) is 6.42 Å². The molecule has 6 nitrogen and oxygen atoms in total. The van der Waals surface area contributed by atoms with Crippen LogP contribution in [-0.2, 0) is 14.3 Å². The maximum Gasteiger partial charge on any atom is 0.254 e. The molecule has 6 heteroatoms. The summed E-state index contributed by atoms with van der Waals surface area (Å²) in [5.41, 5.74) is -0.299. The van der Waals surface area contributed by atoms with Crippen molar-refractivity contribution in [3.8, 4) is 0 Å². The number of ether oxygens (including phenoxy) is 1. The molecule has 140 valence electrons. The highest BCUT2D eigenvalue weighted by Gasteiger charge is 2.61. The Morgan fingerprint density at radius 1 is 1.04 bits per heavy atom. The lowest BCUT2D eigenvalue weighted by Gasteiger charge is -2.61. The van der Waals surface area contributed by atoms with Crippen molar-refractivity contribution in [1.29, 1.82) is 0 Å². The molecule has 0 bridgehead atoms. The van der Waals surface area contributed by atoms with E-state index in [9.17, 15) is 14.7 Å². The molecule has 0 aromatic rings. The monoisotopic (exact) mass is 350 g/mol. The third-order valence-electron chi connectivity index (χ3n) is 6.89. The van der Waals surface area contributed by atoms with Crippen LogP contribution in [0, 0.1) is 5.92 Å². The Hall–Kier alpha value is -1.14. The number of likely N-dealkylation sites (tertiary alicyclic amines) is 2. The molecule has 1 spiro atoms. The van der Waals surface area contributed by atoms with Crippen LogP contribution in [0.15, 0.2) is 0 Å². The third-order valence-corrected chi connectivity index (χ3v) is 6.89. The number of nitrogens with zero attached hydrogens (tertiary/aromatic N) is 2. The average Bonchev–Trinajstić information content (AvgIpc) is 2.69. The van der Waals surface area contributed by atoms with E-state index >= 15 is 0 Å². The number of rotatable bonds is 2. The fourth-order valence-electron chi connectivity index (χ4n) is 5.42. The first kappa shape index (κ1) is 17.3. The fourth-order valence-corrected chi connectivity index (χ4v) is 5.42. The van der Waals surface area contributed by atoms with E-state index in [0.717, 1.165) is 64.5 Å². The number of carbonyl (C=O) groups is 2. The predicted molar refractivity (Wildman–Crippen MR) is 91.8 cm³/mol.